The Kier molecular flexibility index (Phi) is 3.58. The fraction of sp³-hybridized carbons (Fsp3) is 0.286. The van der Waals surface area contributed by atoms with Gasteiger partial charge in [0.1, 0.15) is 0 Å². The predicted molar refractivity (Wildman–Crippen MR) is 81.9 cm³/mol. The first kappa shape index (κ1) is 13.3. The van der Waals surface area contributed by atoms with Gasteiger partial charge in [-0.25, -0.2) is 0 Å². The van der Waals surface area contributed by atoms with E-state index in [1.807, 2.05) is 4.90 Å². The molecule has 2 aromatic heterocycles. The Morgan fingerprint density at radius 2 is 2.40 bits per heavy atom. The standard InChI is InChI=1S/C14H14N2O2S2/c1-9-10-5-8-20-12(10)4-6-16(9)14(19)15-13(17)11-3-2-7-18-11/h2-3,5,7-9H,4,6H2,1H3,(H,15,17,19). The molecular formula is C14H14N2O2S2. The Balaban J connectivity index is 1.71. The number of hydrogen-bond donors (Lipinski definition) is 1. The van der Waals surface area contributed by atoms with Crippen molar-refractivity contribution < 1.29 is 9.21 Å². The van der Waals surface area contributed by atoms with Gasteiger partial charge in [0, 0.05) is 11.4 Å². The monoisotopic (exact) mass is 306 g/mol. The predicted octanol–water partition coefficient (Wildman–Crippen LogP) is 2.98. The SMILES string of the molecule is CC1c2ccsc2CCN1C(=S)NC(=O)c1ccco1. The minimum Gasteiger partial charge on any atom is -0.459 e. The van der Waals surface area contributed by atoms with E-state index in [4.69, 9.17) is 16.6 Å². The number of nitrogens with zero attached hydrogens (tertiary/aromatic N) is 1. The van der Waals surface area contributed by atoms with Crippen molar-refractivity contribution in [3.05, 3.63) is 46.0 Å². The maximum atomic E-state index is 11.9. The minimum absolute atomic E-state index is 0.189. The van der Waals surface area contributed by atoms with Crippen LogP contribution in [-0.2, 0) is 6.42 Å². The maximum absolute atomic E-state index is 11.9. The number of amides is 1. The molecule has 4 nitrogen and oxygen atoms in total. The summed E-state index contributed by atoms with van der Waals surface area (Å²) in [4.78, 5) is 15.4. The third-order valence-corrected chi connectivity index (χ3v) is 4.84. The summed E-state index contributed by atoms with van der Waals surface area (Å²) in [6.07, 6.45) is 2.44. The third-order valence-electron chi connectivity index (χ3n) is 3.50. The molecule has 0 saturated heterocycles. The van der Waals surface area contributed by atoms with Gasteiger partial charge in [0.2, 0.25) is 0 Å². The van der Waals surface area contributed by atoms with Crippen LogP contribution in [0.2, 0.25) is 0 Å². The third kappa shape index (κ3) is 2.36. The van der Waals surface area contributed by atoms with E-state index in [2.05, 4.69) is 23.7 Å². The number of hydrogen-bond acceptors (Lipinski definition) is 4. The second kappa shape index (κ2) is 5.38. The average molecular weight is 306 g/mol. The Hall–Kier alpha value is -1.66. The molecule has 1 aliphatic heterocycles. The lowest BCUT2D eigenvalue weighted by Gasteiger charge is -2.35. The highest BCUT2D eigenvalue weighted by atomic mass is 32.1. The first-order valence-corrected chi connectivity index (χ1v) is 7.67. The Morgan fingerprint density at radius 1 is 1.55 bits per heavy atom. The van der Waals surface area contributed by atoms with Crippen LogP contribution < -0.4 is 5.32 Å². The van der Waals surface area contributed by atoms with E-state index in [1.54, 1.807) is 23.5 Å². The van der Waals surface area contributed by atoms with Crippen molar-refractivity contribution in [1.82, 2.24) is 10.2 Å². The molecule has 0 bridgehead atoms. The summed E-state index contributed by atoms with van der Waals surface area (Å²) in [6.45, 7) is 2.93. The number of rotatable bonds is 1. The molecule has 1 atom stereocenters. The molecule has 104 valence electrons. The summed E-state index contributed by atoms with van der Waals surface area (Å²) in [5, 5.41) is 5.29. The zero-order valence-electron chi connectivity index (χ0n) is 11.0. The van der Waals surface area contributed by atoms with Gasteiger partial charge in [0.25, 0.3) is 5.91 Å². The van der Waals surface area contributed by atoms with Crippen LogP contribution in [0, 0.1) is 0 Å². The molecule has 0 aliphatic carbocycles. The average Bonchev–Trinajstić information content (AvgIpc) is 3.10. The summed E-state index contributed by atoms with van der Waals surface area (Å²) >= 11 is 7.14. The summed E-state index contributed by atoms with van der Waals surface area (Å²) in [7, 11) is 0. The van der Waals surface area contributed by atoms with Crippen LogP contribution in [0.1, 0.15) is 34.0 Å². The Morgan fingerprint density at radius 3 is 3.15 bits per heavy atom. The van der Waals surface area contributed by atoms with Gasteiger partial charge in [-0.2, -0.15) is 0 Å². The number of carbonyl (C=O) groups excluding carboxylic acids is 1. The maximum Gasteiger partial charge on any atom is 0.293 e. The van der Waals surface area contributed by atoms with Crippen LogP contribution >= 0.6 is 23.6 Å². The normalized spacial score (nSPS) is 17.6. The van der Waals surface area contributed by atoms with Crippen molar-refractivity contribution >= 4 is 34.6 Å². The van der Waals surface area contributed by atoms with Crippen LogP contribution in [0.3, 0.4) is 0 Å². The van der Waals surface area contributed by atoms with Crippen LogP contribution in [0.15, 0.2) is 34.3 Å². The molecule has 2 aromatic rings. The topological polar surface area (TPSA) is 45.5 Å². The second-order valence-corrected chi connectivity index (χ2v) is 6.04. The molecule has 3 rings (SSSR count). The molecular weight excluding hydrogens is 292 g/mol. The fourth-order valence-corrected chi connectivity index (χ4v) is 3.73. The van der Waals surface area contributed by atoms with E-state index in [-0.39, 0.29) is 17.7 Å². The minimum atomic E-state index is -0.302. The van der Waals surface area contributed by atoms with Gasteiger partial charge < -0.3 is 9.32 Å². The molecule has 1 amide bonds. The van der Waals surface area contributed by atoms with Gasteiger partial charge in [-0.3, -0.25) is 10.1 Å². The molecule has 0 aromatic carbocycles. The molecule has 20 heavy (non-hydrogen) atoms. The lowest BCUT2D eigenvalue weighted by molar-refractivity contribution is 0.0944. The molecule has 1 N–H and O–H groups in total. The van der Waals surface area contributed by atoms with Crippen molar-refractivity contribution in [3.8, 4) is 0 Å². The summed E-state index contributed by atoms with van der Waals surface area (Å²) in [5.74, 6) is -0.0310. The van der Waals surface area contributed by atoms with Crippen LogP contribution in [0.5, 0.6) is 0 Å². The highest BCUT2D eigenvalue weighted by Crippen LogP contribution is 2.32. The van der Waals surface area contributed by atoms with Crippen molar-refractivity contribution in [2.24, 2.45) is 0 Å². The number of carbonyl (C=O) groups is 1. The van der Waals surface area contributed by atoms with Crippen LogP contribution in [0.4, 0.5) is 0 Å². The molecule has 0 radical (unpaired) electrons. The highest BCUT2D eigenvalue weighted by molar-refractivity contribution is 7.80. The van der Waals surface area contributed by atoms with Gasteiger partial charge in [0.15, 0.2) is 10.9 Å². The lowest BCUT2D eigenvalue weighted by atomic mass is 10.0. The van der Waals surface area contributed by atoms with Gasteiger partial charge in [0.05, 0.1) is 12.3 Å². The smallest absolute Gasteiger partial charge is 0.293 e. The molecule has 0 fully saturated rings. The van der Waals surface area contributed by atoms with Crippen molar-refractivity contribution in [2.75, 3.05) is 6.54 Å². The van der Waals surface area contributed by atoms with Gasteiger partial charge in [-0.1, -0.05) is 0 Å². The Bertz CT molecular complexity index is 633. The highest BCUT2D eigenvalue weighted by Gasteiger charge is 2.27. The van der Waals surface area contributed by atoms with Crippen LogP contribution in [-0.4, -0.2) is 22.5 Å². The van der Waals surface area contributed by atoms with E-state index in [0.717, 1.165) is 13.0 Å². The van der Waals surface area contributed by atoms with E-state index >= 15 is 0 Å². The summed E-state index contributed by atoms with van der Waals surface area (Å²) in [5.41, 5.74) is 1.30. The first-order valence-electron chi connectivity index (χ1n) is 6.38. The van der Waals surface area contributed by atoms with Gasteiger partial charge in [-0.05, 0) is 54.7 Å². The zero-order valence-corrected chi connectivity index (χ0v) is 12.6. The quantitative estimate of drug-likeness (QED) is 0.823. The number of nitrogens with one attached hydrogen (secondary N) is 1. The molecule has 3 heterocycles. The van der Waals surface area contributed by atoms with Crippen molar-refractivity contribution in [3.63, 3.8) is 0 Å². The van der Waals surface area contributed by atoms with Crippen LogP contribution in [0.25, 0.3) is 0 Å². The summed E-state index contributed by atoms with van der Waals surface area (Å²) in [6, 6.07) is 5.62. The molecule has 0 spiro atoms. The first-order chi connectivity index (χ1) is 9.66. The number of furan rings is 1. The van der Waals surface area contributed by atoms with Gasteiger partial charge in [-0.15, -0.1) is 11.3 Å². The lowest BCUT2D eigenvalue weighted by Crippen LogP contribution is -2.46. The largest absolute Gasteiger partial charge is 0.459 e. The number of thiocarbonyl (C=S) groups is 1. The van der Waals surface area contributed by atoms with E-state index in [9.17, 15) is 4.79 Å². The van der Waals surface area contributed by atoms with Crippen molar-refractivity contribution in [2.45, 2.75) is 19.4 Å². The molecule has 0 saturated carbocycles. The molecule has 6 heteroatoms. The zero-order chi connectivity index (χ0) is 14.1. The van der Waals surface area contributed by atoms with E-state index in [1.165, 1.54) is 16.7 Å². The summed E-state index contributed by atoms with van der Waals surface area (Å²) < 4.78 is 5.07. The van der Waals surface area contributed by atoms with E-state index < -0.39 is 0 Å². The van der Waals surface area contributed by atoms with E-state index in [0.29, 0.717) is 5.11 Å². The number of fused-ring (bicyclic) bond motifs is 1. The number of thiophene rings is 1. The second-order valence-electron chi connectivity index (χ2n) is 4.66. The van der Waals surface area contributed by atoms with Crippen molar-refractivity contribution in [1.29, 1.82) is 0 Å². The fourth-order valence-electron chi connectivity index (χ4n) is 2.43. The molecule has 1 aliphatic rings. The molecule has 1 unspecified atom stereocenters. The van der Waals surface area contributed by atoms with Gasteiger partial charge >= 0.3 is 0 Å². The Labute approximate surface area is 126 Å².